The van der Waals surface area contributed by atoms with Gasteiger partial charge in [0.05, 0.1) is 7.11 Å². The molecule has 0 fully saturated rings. The van der Waals surface area contributed by atoms with E-state index in [1.165, 1.54) is 7.11 Å². The van der Waals surface area contributed by atoms with Crippen LogP contribution in [0.2, 0.25) is 0 Å². The maximum atomic E-state index is 4.78. The van der Waals surface area contributed by atoms with Gasteiger partial charge in [0, 0.05) is 7.05 Å². The lowest BCUT2D eigenvalue weighted by Crippen LogP contribution is -1.90. The smallest absolute Gasteiger partial charge is 0.311 e. The van der Waals surface area contributed by atoms with Crippen LogP contribution in [0, 0.1) is 4.77 Å². The lowest BCUT2D eigenvalue weighted by Gasteiger charge is -1.87. The van der Waals surface area contributed by atoms with E-state index >= 15 is 0 Å². The molecule has 50 valence electrons. The van der Waals surface area contributed by atoms with Crippen molar-refractivity contribution >= 4 is 12.2 Å². The van der Waals surface area contributed by atoms with Crippen LogP contribution in [0.25, 0.3) is 0 Å². The van der Waals surface area contributed by atoms with Gasteiger partial charge in [-0.25, -0.2) is 5.10 Å². The molecule has 9 heavy (non-hydrogen) atoms. The van der Waals surface area contributed by atoms with Crippen molar-refractivity contribution in [3.05, 3.63) is 4.77 Å². The molecule has 0 radical (unpaired) electrons. The molecule has 0 aliphatic rings. The summed E-state index contributed by atoms with van der Waals surface area (Å²) in [5.74, 6) is 0. The fourth-order valence-corrected chi connectivity index (χ4v) is 0.598. The summed E-state index contributed by atoms with van der Waals surface area (Å²) in [6.07, 6.45) is 0. The first kappa shape index (κ1) is 6.28. The van der Waals surface area contributed by atoms with Crippen LogP contribution in [0.4, 0.5) is 0 Å². The average molecular weight is 145 g/mol. The van der Waals surface area contributed by atoms with E-state index in [2.05, 4.69) is 10.1 Å². The number of ether oxygens (including phenoxy) is 1. The number of hydrogen-bond donors (Lipinski definition) is 1. The highest BCUT2D eigenvalue weighted by atomic mass is 32.1. The Morgan fingerprint density at radius 3 is 2.67 bits per heavy atom. The summed E-state index contributed by atoms with van der Waals surface area (Å²) in [5, 5.41) is 2.77. The zero-order chi connectivity index (χ0) is 6.85. The van der Waals surface area contributed by atoms with Gasteiger partial charge in [-0.15, -0.1) is 0 Å². The standard InChI is InChI=1S/C4H7N3OS/c1-7-4(9)5-3(6-7)8-2/h1-2H3,(H,5,6,9). The first-order chi connectivity index (χ1) is 4.24. The summed E-state index contributed by atoms with van der Waals surface area (Å²) in [6, 6.07) is 0.447. The number of H-pyrrole nitrogens is 1. The summed E-state index contributed by atoms with van der Waals surface area (Å²) in [5.41, 5.74) is 0. The van der Waals surface area contributed by atoms with Crippen molar-refractivity contribution in [1.29, 1.82) is 0 Å². The van der Waals surface area contributed by atoms with E-state index < -0.39 is 0 Å². The normalized spacial score (nSPS) is 9.56. The number of aromatic amines is 1. The molecule has 4 nitrogen and oxygen atoms in total. The largest absolute Gasteiger partial charge is 0.467 e. The number of rotatable bonds is 1. The van der Waals surface area contributed by atoms with Gasteiger partial charge in [0.15, 0.2) is 0 Å². The number of hydrogen-bond acceptors (Lipinski definition) is 3. The van der Waals surface area contributed by atoms with Gasteiger partial charge in [-0.1, -0.05) is 0 Å². The topological polar surface area (TPSA) is 42.8 Å². The molecule has 0 saturated carbocycles. The predicted octanol–water partition coefficient (Wildman–Crippen LogP) is 0.486. The summed E-state index contributed by atoms with van der Waals surface area (Å²) >= 11 is 4.78. The van der Waals surface area contributed by atoms with Crippen molar-refractivity contribution in [3.8, 4) is 6.01 Å². The molecule has 0 aliphatic heterocycles. The Morgan fingerprint density at radius 1 is 1.78 bits per heavy atom. The van der Waals surface area contributed by atoms with Crippen molar-refractivity contribution in [2.45, 2.75) is 0 Å². The molecule has 0 atom stereocenters. The summed E-state index contributed by atoms with van der Waals surface area (Å²) < 4.78 is 6.86. The van der Waals surface area contributed by atoms with Crippen molar-refractivity contribution in [2.75, 3.05) is 7.11 Å². The van der Waals surface area contributed by atoms with E-state index in [9.17, 15) is 0 Å². The monoisotopic (exact) mass is 145 g/mol. The third-order valence-electron chi connectivity index (χ3n) is 0.941. The van der Waals surface area contributed by atoms with E-state index in [0.717, 1.165) is 0 Å². The molecule has 1 heterocycles. The van der Waals surface area contributed by atoms with Crippen molar-refractivity contribution < 1.29 is 4.74 Å². The Kier molecular flexibility index (Phi) is 1.52. The SMILES string of the molecule is COc1nc(=S)n(C)[nH]1. The summed E-state index contributed by atoms with van der Waals surface area (Å²) in [7, 11) is 3.31. The average Bonchev–Trinajstić information content (AvgIpc) is 2.13. The van der Waals surface area contributed by atoms with Crippen LogP contribution < -0.4 is 4.74 Å². The van der Waals surface area contributed by atoms with Crippen LogP contribution in [-0.4, -0.2) is 21.9 Å². The summed E-state index contributed by atoms with van der Waals surface area (Å²) in [4.78, 5) is 3.83. The molecule has 0 bridgehead atoms. The molecule has 1 rings (SSSR count). The minimum Gasteiger partial charge on any atom is -0.467 e. The maximum absolute atomic E-state index is 4.78. The van der Waals surface area contributed by atoms with Gasteiger partial charge in [-0.05, 0) is 12.2 Å². The molecule has 0 spiro atoms. The van der Waals surface area contributed by atoms with Gasteiger partial charge in [0.1, 0.15) is 0 Å². The first-order valence-electron chi connectivity index (χ1n) is 2.41. The third-order valence-corrected chi connectivity index (χ3v) is 1.31. The molecule has 0 aliphatic carbocycles. The first-order valence-corrected chi connectivity index (χ1v) is 2.82. The molecule has 5 heteroatoms. The highest BCUT2D eigenvalue weighted by molar-refractivity contribution is 7.71. The number of aromatic nitrogens is 3. The van der Waals surface area contributed by atoms with Gasteiger partial charge in [-0.2, -0.15) is 4.98 Å². The van der Waals surface area contributed by atoms with Crippen molar-refractivity contribution in [3.63, 3.8) is 0 Å². The zero-order valence-corrected chi connectivity index (χ0v) is 6.03. The van der Waals surface area contributed by atoms with Crippen LogP contribution in [0.1, 0.15) is 0 Å². The Bertz CT molecular complexity index is 251. The number of nitrogens with zero attached hydrogens (tertiary/aromatic N) is 2. The van der Waals surface area contributed by atoms with Gasteiger partial charge in [0.2, 0.25) is 4.77 Å². The van der Waals surface area contributed by atoms with Crippen LogP contribution in [0.15, 0.2) is 0 Å². The quantitative estimate of drug-likeness (QED) is 0.585. The number of methoxy groups -OCH3 is 1. The number of aryl methyl sites for hydroxylation is 1. The summed E-state index contributed by atoms with van der Waals surface area (Å²) in [6.45, 7) is 0. The van der Waals surface area contributed by atoms with Crippen molar-refractivity contribution in [2.24, 2.45) is 7.05 Å². The molecule has 0 unspecified atom stereocenters. The Balaban J connectivity index is 3.13. The fraction of sp³-hybridized carbons (Fsp3) is 0.500. The van der Waals surface area contributed by atoms with E-state index in [1.807, 2.05) is 0 Å². The molecule has 0 amide bonds. The molecule has 1 aromatic heterocycles. The Labute approximate surface area is 57.5 Å². The van der Waals surface area contributed by atoms with Crippen LogP contribution >= 0.6 is 12.2 Å². The molecular formula is C4H7N3OS. The minimum atomic E-state index is 0.447. The molecule has 0 saturated heterocycles. The molecular weight excluding hydrogens is 138 g/mol. The van der Waals surface area contributed by atoms with Gasteiger partial charge < -0.3 is 4.74 Å². The molecule has 1 N–H and O–H groups in total. The number of nitrogens with one attached hydrogen (secondary N) is 1. The van der Waals surface area contributed by atoms with Gasteiger partial charge in [0.25, 0.3) is 0 Å². The highest BCUT2D eigenvalue weighted by Gasteiger charge is 1.93. The highest BCUT2D eigenvalue weighted by Crippen LogP contribution is 1.97. The van der Waals surface area contributed by atoms with E-state index in [0.29, 0.717) is 10.8 Å². The third kappa shape index (κ3) is 1.10. The van der Waals surface area contributed by atoms with Crippen LogP contribution in [-0.2, 0) is 7.05 Å². The second kappa shape index (κ2) is 2.18. The Hall–Kier alpha value is -0.840. The van der Waals surface area contributed by atoms with Crippen molar-refractivity contribution in [1.82, 2.24) is 14.8 Å². The van der Waals surface area contributed by atoms with Crippen LogP contribution in [0.5, 0.6) is 6.01 Å². The lowest BCUT2D eigenvalue weighted by atomic mass is 11.2. The van der Waals surface area contributed by atoms with E-state index in [-0.39, 0.29) is 0 Å². The minimum absolute atomic E-state index is 0.447. The van der Waals surface area contributed by atoms with Gasteiger partial charge in [-0.3, -0.25) is 4.68 Å². The van der Waals surface area contributed by atoms with Crippen LogP contribution in [0.3, 0.4) is 0 Å². The zero-order valence-electron chi connectivity index (χ0n) is 5.21. The van der Waals surface area contributed by atoms with E-state index in [1.54, 1.807) is 11.7 Å². The molecule has 0 aromatic carbocycles. The molecule has 1 aromatic rings. The Morgan fingerprint density at radius 2 is 2.44 bits per heavy atom. The second-order valence-corrected chi connectivity index (χ2v) is 1.94. The maximum Gasteiger partial charge on any atom is 0.311 e. The fourth-order valence-electron chi connectivity index (χ4n) is 0.469. The lowest BCUT2D eigenvalue weighted by molar-refractivity contribution is 0.378. The van der Waals surface area contributed by atoms with Gasteiger partial charge >= 0.3 is 6.01 Å². The second-order valence-electron chi connectivity index (χ2n) is 1.57. The predicted molar refractivity (Wildman–Crippen MR) is 34.9 cm³/mol. The van der Waals surface area contributed by atoms with E-state index in [4.69, 9.17) is 17.0 Å².